The van der Waals surface area contributed by atoms with Crippen LogP contribution < -0.4 is 4.74 Å². The number of para-hydroxylation sites is 1. The van der Waals surface area contributed by atoms with E-state index in [1.165, 1.54) is 5.56 Å². The summed E-state index contributed by atoms with van der Waals surface area (Å²) in [6, 6.07) is 8.27. The molecule has 0 saturated carbocycles. The zero-order valence-corrected chi connectivity index (χ0v) is 9.46. The summed E-state index contributed by atoms with van der Waals surface area (Å²) in [5.41, 5.74) is 1.32. The van der Waals surface area contributed by atoms with Gasteiger partial charge in [-0.05, 0) is 36.8 Å². The van der Waals surface area contributed by atoms with Crippen LogP contribution in [0.4, 0.5) is 0 Å². The largest absolute Gasteiger partial charge is 0.493 e. The SMILES string of the molecule is C=C(Cl)CCC1CCOc2ccccc21. The first kappa shape index (κ1) is 10.6. The normalized spacial score (nSPS) is 19.1. The summed E-state index contributed by atoms with van der Waals surface area (Å²) in [7, 11) is 0. The Morgan fingerprint density at radius 2 is 2.27 bits per heavy atom. The molecule has 1 heterocycles. The Hall–Kier alpha value is -0.950. The quantitative estimate of drug-likeness (QED) is 0.749. The Morgan fingerprint density at radius 1 is 1.47 bits per heavy atom. The minimum atomic E-state index is 0.574. The summed E-state index contributed by atoms with van der Waals surface area (Å²) in [6.45, 7) is 4.55. The summed E-state index contributed by atoms with van der Waals surface area (Å²) in [5.74, 6) is 1.61. The molecule has 1 unspecified atom stereocenters. The van der Waals surface area contributed by atoms with Crippen molar-refractivity contribution >= 4 is 11.6 Å². The number of ether oxygens (including phenoxy) is 1. The molecular formula is C13H15ClO. The lowest BCUT2D eigenvalue weighted by molar-refractivity contribution is 0.263. The fourth-order valence-corrected chi connectivity index (χ4v) is 2.16. The van der Waals surface area contributed by atoms with E-state index in [2.05, 4.69) is 18.7 Å². The monoisotopic (exact) mass is 222 g/mol. The van der Waals surface area contributed by atoms with Crippen LogP contribution >= 0.6 is 11.6 Å². The Balaban J connectivity index is 2.11. The number of fused-ring (bicyclic) bond motifs is 1. The molecule has 0 radical (unpaired) electrons. The Morgan fingerprint density at radius 3 is 3.07 bits per heavy atom. The smallest absolute Gasteiger partial charge is 0.122 e. The van der Waals surface area contributed by atoms with Crippen molar-refractivity contribution in [1.29, 1.82) is 0 Å². The predicted octanol–water partition coefficient (Wildman–Crippen LogP) is 4.09. The number of benzene rings is 1. The molecule has 15 heavy (non-hydrogen) atoms. The maximum atomic E-state index is 5.80. The number of hydrogen-bond donors (Lipinski definition) is 0. The lowest BCUT2D eigenvalue weighted by atomic mass is 9.89. The molecule has 0 aliphatic carbocycles. The first-order chi connectivity index (χ1) is 7.27. The highest BCUT2D eigenvalue weighted by Gasteiger charge is 2.20. The van der Waals surface area contributed by atoms with Crippen molar-refractivity contribution in [2.75, 3.05) is 6.61 Å². The average Bonchev–Trinajstić information content (AvgIpc) is 2.26. The van der Waals surface area contributed by atoms with Gasteiger partial charge in [0, 0.05) is 5.03 Å². The summed E-state index contributed by atoms with van der Waals surface area (Å²) >= 11 is 5.80. The molecule has 0 N–H and O–H groups in total. The van der Waals surface area contributed by atoms with Gasteiger partial charge in [-0.1, -0.05) is 36.4 Å². The molecule has 1 aromatic carbocycles. The van der Waals surface area contributed by atoms with Crippen LogP contribution in [0.3, 0.4) is 0 Å². The van der Waals surface area contributed by atoms with E-state index in [1.54, 1.807) is 0 Å². The zero-order valence-electron chi connectivity index (χ0n) is 8.71. The van der Waals surface area contributed by atoms with Crippen LogP contribution in [-0.2, 0) is 0 Å². The van der Waals surface area contributed by atoms with Crippen LogP contribution in [0.5, 0.6) is 5.75 Å². The second-order valence-corrected chi connectivity index (χ2v) is 4.46. The van der Waals surface area contributed by atoms with Gasteiger partial charge in [0.25, 0.3) is 0 Å². The molecule has 1 atom stereocenters. The van der Waals surface area contributed by atoms with Gasteiger partial charge in [0.05, 0.1) is 6.61 Å². The Labute approximate surface area is 95.7 Å². The lowest BCUT2D eigenvalue weighted by Crippen LogP contribution is -2.14. The number of allylic oxidation sites excluding steroid dienone is 1. The maximum absolute atomic E-state index is 5.80. The molecule has 80 valence electrons. The number of rotatable bonds is 3. The van der Waals surface area contributed by atoms with Crippen molar-refractivity contribution in [3.05, 3.63) is 41.4 Å². The molecule has 2 heteroatoms. The van der Waals surface area contributed by atoms with E-state index in [-0.39, 0.29) is 0 Å². The van der Waals surface area contributed by atoms with E-state index < -0.39 is 0 Å². The van der Waals surface area contributed by atoms with Gasteiger partial charge in [0.15, 0.2) is 0 Å². The molecule has 1 aliphatic rings. The summed E-state index contributed by atoms with van der Waals surface area (Å²) in [4.78, 5) is 0. The fourth-order valence-electron chi connectivity index (χ4n) is 2.05. The van der Waals surface area contributed by atoms with E-state index in [9.17, 15) is 0 Å². The maximum Gasteiger partial charge on any atom is 0.122 e. The molecule has 0 amide bonds. The second-order valence-electron chi connectivity index (χ2n) is 3.93. The first-order valence-electron chi connectivity index (χ1n) is 5.32. The van der Waals surface area contributed by atoms with Crippen molar-refractivity contribution < 1.29 is 4.74 Å². The highest BCUT2D eigenvalue weighted by molar-refractivity contribution is 6.29. The summed E-state index contributed by atoms with van der Waals surface area (Å²) in [6.07, 6.45) is 3.05. The molecule has 0 fully saturated rings. The second kappa shape index (κ2) is 4.71. The fraction of sp³-hybridized carbons (Fsp3) is 0.385. The van der Waals surface area contributed by atoms with Gasteiger partial charge in [-0.3, -0.25) is 0 Å². The molecule has 1 aromatic rings. The van der Waals surface area contributed by atoms with Crippen LogP contribution in [0.15, 0.2) is 35.9 Å². The highest BCUT2D eigenvalue weighted by Crippen LogP contribution is 2.36. The van der Waals surface area contributed by atoms with Crippen molar-refractivity contribution in [3.63, 3.8) is 0 Å². The minimum Gasteiger partial charge on any atom is -0.493 e. The first-order valence-corrected chi connectivity index (χ1v) is 5.70. The van der Waals surface area contributed by atoms with Crippen LogP contribution in [-0.4, -0.2) is 6.61 Å². The van der Waals surface area contributed by atoms with Gasteiger partial charge < -0.3 is 4.74 Å². The van der Waals surface area contributed by atoms with E-state index in [4.69, 9.17) is 16.3 Å². The highest BCUT2D eigenvalue weighted by atomic mass is 35.5. The van der Waals surface area contributed by atoms with Gasteiger partial charge in [0.2, 0.25) is 0 Å². The van der Waals surface area contributed by atoms with Gasteiger partial charge in [-0.25, -0.2) is 0 Å². The van der Waals surface area contributed by atoms with Gasteiger partial charge in [-0.15, -0.1) is 0 Å². The van der Waals surface area contributed by atoms with Crippen LogP contribution in [0, 0.1) is 0 Å². The van der Waals surface area contributed by atoms with Crippen molar-refractivity contribution in [3.8, 4) is 5.75 Å². The molecule has 0 bridgehead atoms. The molecule has 1 nitrogen and oxygen atoms in total. The predicted molar refractivity (Wildman–Crippen MR) is 63.5 cm³/mol. The molecule has 0 aromatic heterocycles. The van der Waals surface area contributed by atoms with E-state index in [1.807, 2.05) is 12.1 Å². The molecular weight excluding hydrogens is 208 g/mol. The van der Waals surface area contributed by atoms with Crippen molar-refractivity contribution in [1.82, 2.24) is 0 Å². The number of halogens is 1. The summed E-state index contributed by atoms with van der Waals surface area (Å²) in [5, 5.41) is 0.749. The van der Waals surface area contributed by atoms with Gasteiger partial charge in [0.1, 0.15) is 5.75 Å². The van der Waals surface area contributed by atoms with Crippen LogP contribution in [0.1, 0.15) is 30.7 Å². The van der Waals surface area contributed by atoms with E-state index in [0.717, 1.165) is 36.7 Å². The molecule has 2 rings (SSSR count). The Bertz CT molecular complexity index is 359. The lowest BCUT2D eigenvalue weighted by Gasteiger charge is -2.25. The molecule has 1 aliphatic heterocycles. The van der Waals surface area contributed by atoms with Crippen LogP contribution in [0.2, 0.25) is 0 Å². The Kier molecular flexibility index (Phi) is 3.32. The third-order valence-electron chi connectivity index (χ3n) is 2.85. The van der Waals surface area contributed by atoms with E-state index >= 15 is 0 Å². The van der Waals surface area contributed by atoms with Crippen LogP contribution in [0.25, 0.3) is 0 Å². The summed E-state index contributed by atoms with van der Waals surface area (Å²) < 4.78 is 5.61. The topological polar surface area (TPSA) is 9.23 Å². The van der Waals surface area contributed by atoms with Crippen molar-refractivity contribution in [2.24, 2.45) is 0 Å². The van der Waals surface area contributed by atoms with Crippen molar-refractivity contribution in [2.45, 2.75) is 25.2 Å². The standard InChI is InChI=1S/C13H15ClO/c1-10(14)6-7-11-8-9-15-13-5-3-2-4-12(11)13/h2-5,11H,1,6-9H2. The zero-order chi connectivity index (χ0) is 10.7. The third-order valence-corrected chi connectivity index (χ3v) is 3.04. The van der Waals surface area contributed by atoms with Gasteiger partial charge in [-0.2, -0.15) is 0 Å². The van der Waals surface area contributed by atoms with Gasteiger partial charge >= 0.3 is 0 Å². The number of hydrogen-bond acceptors (Lipinski definition) is 1. The third kappa shape index (κ3) is 2.54. The molecule has 0 saturated heterocycles. The van der Waals surface area contributed by atoms with E-state index in [0.29, 0.717) is 5.92 Å². The molecule has 0 spiro atoms. The average molecular weight is 223 g/mol. The minimum absolute atomic E-state index is 0.574.